The highest BCUT2D eigenvalue weighted by Gasteiger charge is 2.08. The van der Waals surface area contributed by atoms with Crippen LogP contribution in [0, 0.1) is 5.92 Å². The van der Waals surface area contributed by atoms with Crippen molar-refractivity contribution in [2.45, 2.75) is 39.0 Å². The molecule has 0 saturated heterocycles. The summed E-state index contributed by atoms with van der Waals surface area (Å²) < 4.78 is 4.91. The van der Waals surface area contributed by atoms with Crippen LogP contribution >= 0.6 is 0 Å². The quantitative estimate of drug-likeness (QED) is 0.556. The topological polar surface area (TPSA) is 64.4 Å². The molecule has 1 unspecified atom stereocenters. The van der Waals surface area contributed by atoms with Crippen LogP contribution in [-0.2, 0) is 9.53 Å². The van der Waals surface area contributed by atoms with E-state index in [0.29, 0.717) is 32.0 Å². The largest absolute Gasteiger partial charge is 0.385 e. The number of ether oxygens (including phenoxy) is 1. The number of amides is 1. The summed E-state index contributed by atoms with van der Waals surface area (Å²) in [5.41, 5.74) is 5.51. The maximum Gasteiger partial charge on any atom is 0.220 e. The Bertz CT molecular complexity index is 174. The molecule has 0 aliphatic heterocycles. The maximum absolute atomic E-state index is 11.4. The summed E-state index contributed by atoms with van der Waals surface area (Å²) in [5, 5.41) is 2.89. The van der Waals surface area contributed by atoms with Gasteiger partial charge in [-0.2, -0.15) is 0 Å². The van der Waals surface area contributed by atoms with Crippen LogP contribution in [0.3, 0.4) is 0 Å². The lowest BCUT2D eigenvalue weighted by Crippen LogP contribution is -2.25. The van der Waals surface area contributed by atoms with Crippen molar-refractivity contribution in [3.63, 3.8) is 0 Å². The molecule has 0 fully saturated rings. The summed E-state index contributed by atoms with van der Waals surface area (Å²) in [5.74, 6) is 0.737. The predicted molar refractivity (Wildman–Crippen MR) is 66.2 cm³/mol. The number of carbonyl (C=O) groups excluding carboxylic acids is 1. The summed E-state index contributed by atoms with van der Waals surface area (Å²) in [7, 11) is 1.67. The highest BCUT2D eigenvalue weighted by atomic mass is 16.5. The molecule has 4 nitrogen and oxygen atoms in total. The van der Waals surface area contributed by atoms with Gasteiger partial charge in [0.15, 0.2) is 0 Å². The first kappa shape index (κ1) is 15.4. The molecule has 0 rings (SSSR count). The normalized spacial score (nSPS) is 12.4. The van der Waals surface area contributed by atoms with Crippen LogP contribution in [-0.4, -0.2) is 32.7 Å². The first-order valence-electron chi connectivity index (χ1n) is 6.20. The zero-order chi connectivity index (χ0) is 12.2. The molecule has 96 valence electrons. The van der Waals surface area contributed by atoms with Crippen molar-refractivity contribution in [3.8, 4) is 0 Å². The molecule has 1 amide bonds. The smallest absolute Gasteiger partial charge is 0.220 e. The van der Waals surface area contributed by atoms with Gasteiger partial charge in [0.2, 0.25) is 5.91 Å². The van der Waals surface area contributed by atoms with Gasteiger partial charge in [-0.15, -0.1) is 0 Å². The predicted octanol–water partition coefficient (Wildman–Crippen LogP) is 1.29. The van der Waals surface area contributed by atoms with Crippen molar-refractivity contribution in [2.24, 2.45) is 11.7 Å². The van der Waals surface area contributed by atoms with E-state index in [2.05, 4.69) is 12.2 Å². The monoisotopic (exact) mass is 230 g/mol. The summed E-state index contributed by atoms with van der Waals surface area (Å²) in [6, 6.07) is 0. The van der Waals surface area contributed by atoms with E-state index in [1.54, 1.807) is 7.11 Å². The average molecular weight is 230 g/mol. The second kappa shape index (κ2) is 10.9. The summed E-state index contributed by atoms with van der Waals surface area (Å²) in [4.78, 5) is 11.4. The summed E-state index contributed by atoms with van der Waals surface area (Å²) >= 11 is 0. The van der Waals surface area contributed by atoms with Gasteiger partial charge in [-0.3, -0.25) is 4.79 Å². The third-order valence-electron chi connectivity index (χ3n) is 2.78. The van der Waals surface area contributed by atoms with Crippen LogP contribution in [0.4, 0.5) is 0 Å². The minimum Gasteiger partial charge on any atom is -0.385 e. The molecule has 0 spiro atoms. The van der Waals surface area contributed by atoms with Crippen LogP contribution in [0.25, 0.3) is 0 Å². The number of nitrogens with two attached hydrogens (primary N) is 1. The first-order valence-corrected chi connectivity index (χ1v) is 6.20. The SMILES string of the molecule is CCC(CCN)CCC(=O)NCCCOC. The second-order valence-corrected chi connectivity index (χ2v) is 4.09. The molecule has 0 aliphatic rings. The third-order valence-corrected chi connectivity index (χ3v) is 2.78. The molecule has 1 atom stereocenters. The van der Waals surface area contributed by atoms with Crippen LogP contribution in [0.5, 0.6) is 0 Å². The van der Waals surface area contributed by atoms with Gasteiger partial charge in [-0.05, 0) is 31.7 Å². The Kier molecular flexibility index (Phi) is 10.5. The van der Waals surface area contributed by atoms with E-state index in [-0.39, 0.29) is 5.91 Å². The minimum absolute atomic E-state index is 0.145. The number of hydrogen-bond acceptors (Lipinski definition) is 3. The molecule has 0 aromatic heterocycles. The average Bonchev–Trinajstić information content (AvgIpc) is 2.30. The lowest BCUT2D eigenvalue weighted by atomic mass is 9.96. The van der Waals surface area contributed by atoms with Crippen molar-refractivity contribution in [3.05, 3.63) is 0 Å². The fourth-order valence-corrected chi connectivity index (χ4v) is 1.66. The Morgan fingerprint density at radius 2 is 2.19 bits per heavy atom. The molecular formula is C12H26N2O2. The minimum atomic E-state index is 0.145. The van der Waals surface area contributed by atoms with Gasteiger partial charge in [0.1, 0.15) is 0 Å². The van der Waals surface area contributed by atoms with Gasteiger partial charge in [-0.25, -0.2) is 0 Å². The van der Waals surface area contributed by atoms with Crippen molar-refractivity contribution >= 4 is 5.91 Å². The molecule has 0 aromatic carbocycles. The van der Waals surface area contributed by atoms with Crippen molar-refractivity contribution in [2.75, 3.05) is 26.8 Å². The Morgan fingerprint density at radius 1 is 1.44 bits per heavy atom. The molecular weight excluding hydrogens is 204 g/mol. The molecule has 4 heteroatoms. The molecule has 0 aromatic rings. The first-order chi connectivity index (χ1) is 7.74. The number of hydrogen-bond donors (Lipinski definition) is 2. The van der Waals surface area contributed by atoms with E-state index >= 15 is 0 Å². The van der Waals surface area contributed by atoms with E-state index in [1.807, 2.05) is 0 Å². The lowest BCUT2D eigenvalue weighted by Gasteiger charge is -2.13. The van der Waals surface area contributed by atoms with Gasteiger partial charge >= 0.3 is 0 Å². The van der Waals surface area contributed by atoms with Crippen molar-refractivity contribution in [1.82, 2.24) is 5.32 Å². The Balaban J connectivity index is 3.47. The van der Waals surface area contributed by atoms with E-state index in [0.717, 1.165) is 25.7 Å². The zero-order valence-corrected chi connectivity index (χ0v) is 10.6. The number of rotatable bonds is 10. The number of methoxy groups -OCH3 is 1. The second-order valence-electron chi connectivity index (χ2n) is 4.09. The molecule has 0 bridgehead atoms. The standard InChI is InChI=1S/C12H26N2O2/c1-3-11(7-8-13)5-6-12(15)14-9-4-10-16-2/h11H,3-10,13H2,1-2H3,(H,14,15). The van der Waals surface area contributed by atoms with Crippen LogP contribution in [0.2, 0.25) is 0 Å². The van der Waals surface area contributed by atoms with Crippen LogP contribution in [0.15, 0.2) is 0 Å². The Hall–Kier alpha value is -0.610. The van der Waals surface area contributed by atoms with E-state index in [1.165, 1.54) is 0 Å². The van der Waals surface area contributed by atoms with Crippen molar-refractivity contribution < 1.29 is 9.53 Å². The zero-order valence-electron chi connectivity index (χ0n) is 10.6. The molecule has 3 N–H and O–H groups in total. The van der Waals surface area contributed by atoms with Crippen LogP contribution in [0.1, 0.15) is 39.0 Å². The Morgan fingerprint density at radius 3 is 2.75 bits per heavy atom. The Labute approximate surface area is 98.9 Å². The lowest BCUT2D eigenvalue weighted by molar-refractivity contribution is -0.121. The molecule has 0 saturated carbocycles. The van der Waals surface area contributed by atoms with Gasteiger partial charge in [0, 0.05) is 26.7 Å². The van der Waals surface area contributed by atoms with E-state index < -0.39 is 0 Å². The summed E-state index contributed by atoms with van der Waals surface area (Å²) in [6.45, 7) is 4.27. The van der Waals surface area contributed by atoms with E-state index in [4.69, 9.17) is 10.5 Å². The number of nitrogens with one attached hydrogen (secondary N) is 1. The maximum atomic E-state index is 11.4. The highest BCUT2D eigenvalue weighted by molar-refractivity contribution is 5.75. The van der Waals surface area contributed by atoms with Gasteiger partial charge in [-0.1, -0.05) is 13.3 Å². The molecule has 16 heavy (non-hydrogen) atoms. The highest BCUT2D eigenvalue weighted by Crippen LogP contribution is 2.14. The third kappa shape index (κ3) is 8.68. The fraction of sp³-hybridized carbons (Fsp3) is 0.917. The van der Waals surface area contributed by atoms with Crippen LogP contribution < -0.4 is 11.1 Å². The van der Waals surface area contributed by atoms with Gasteiger partial charge < -0.3 is 15.8 Å². The van der Waals surface area contributed by atoms with Crippen molar-refractivity contribution in [1.29, 1.82) is 0 Å². The summed E-state index contributed by atoms with van der Waals surface area (Å²) in [6.07, 6.45) is 4.57. The van der Waals surface area contributed by atoms with Gasteiger partial charge in [0.05, 0.1) is 0 Å². The number of carbonyl (C=O) groups is 1. The molecule has 0 aliphatic carbocycles. The van der Waals surface area contributed by atoms with E-state index in [9.17, 15) is 4.79 Å². The molecule has 0 radical (unpaired) electrons. The van der Waals surface area contributed by atoms with Gasteiger partial charge in [0.25, 0.3) is 0 Å². The molecule has 0 heterocycles. The fourth-order valence-electron chi connectivity index (χ4n) is 1.66.